The molecule has 0 aliphatic carbocycles. The highest BCUT2D eigenvalue weighted by Crippen LogP contribution is 2.35. The van der Waals surface area contributed by atoms with E-state index in [1.54, 1.807) is 0 Å². The van der Waals surface area contributed by atoms with E-state index < -0.39 is 29.6 Å². The van der Waals surface area contributed by atoms with E-state index in [0.29, 0.717) is 24.3 Å². The number of allylic oxidation sites excluding steroid dienone is 1. The Hall–Kier alpha value is -3.16. The molecule has 7 heteroatoms. The van der Waals surface area contributed by atoms with Crippen molar-refractivity contribution < 1.29 is 31.8 Å². The molecule has 0 atom stereocenters. The van der Waals surface area contributed by atoms with E-state index >= 15 is 0 Å². The molecule has 0 amide bonds. The summed E-state index contributed by atoms with van der Waals surface area (Å²) in [5, 5.41) is 0. The second-order valence-electron chi connectivity index (χ2n) is 8.08. The smallest absolute Gasteiger partial charge is 0.201 e. The van der Waals surface area contributed by atoms with Gasteiger partial charge in [-0.25, -0.2) is 13.2 Å². The first-order valence-electron chi connectivity index (χ1n) is 10.9. The minimum absolute atomic E-state index is 0.00387. The van der Waals surface area contributed by atoms with Gasteiger partial charge in [-0.15, -0.1) is 6.58 Å². The molecule has 4 rings (SSSR count). The van der Waals surface area contributed by atoms with Crippen LogP contribution in [0, 0.1) is 29.2 Å². The van der Waals surface area contributed by atoms with Gasteiger partial charge < -0.3 is 14.2 Å². The van der Waals surface area contributed by atoms with Gasteiger partial charge in [0.1, 0.15) is 0 Å². The van der Waals surface area contributed by atoms with Crippen LogP contribution in [0.2, 0.25) is 0 Å². The first kappa shape index (κ1) is 24.0. The molecule has 1 aliphatic rings. The lowest BCUT2D eigenvalue weighted by molar-refractivity contribution is -0.207. The molecular formula is C27H24F4O3. The minimum Gasteiger partial charge on any atom is -0.494 e. The van der Waals surface area contributed by atoms with E-state index in [9.17, 15) is 17.6 Å². The molecule has 1 fully saturated rings. The summed E-state index contributed by atoms with van der Waals surface area (Å²) in [5.74, 6) is -4.23. The van der Waals surface area contributed by atoms with Crippen molar-refractivity contribution in [3.63, 3.8) is 0 Å². The van der Waals surface area contributed by atoms with Crippen molar-refractivity contribution in [1.29, 1.82) is 0 Å². The van der Waals surface area contributed by atoms with Crippen molar-refractivity contribution in [2.75, 3.05) is 20.3 Å². The maximum atomic E-state index is 14.9. The highest BCUT2D eigenvalue weighted by atomic mass is 19.2. The third-order valence-corrected chi connectivity index (χ3v) is 5.89. The Labute approximate surface area is 195 Å². The van der Waals surface area contributed by atoms with Gasteiger partial charge in [0.05, 0.1) is 20.3 Å². The van der Waals surface area contributed by atoms with Gasteiger partial charge in [0.15, 0.2) is 29.5 Å². The third-order valence-electron chi connectivity index (χ3n) is 5.89. The number of benzene rings is 3. The summed E-state index contributed by atoms with van der Waals surface area (Å²) in [7, 11) is 1.25. The fraction of sp³-hybridized carbons (Fsp3) is 0.259. The molecule has 0 bridgehead atoms. The van der Waals surface area contributed by atoms with Gasteiger partial charge in [0.2, 0.25) is 5.82 Å². The van der Waals surface area contributed by atoms with E-state index in [2.05, 4.69) is 6.58 Å². The van der Waals surface area contributed by atoms with Crippen LogP contribution in [0.25, 0.3) is 22.3 Å². The van der Waals surface area contributed by atoms with Gasteiger partial charge in [0.25, 0.3) is 0 Å². The second kappa shape index (κ2) is 10.4. The lowest BCUT2D eigenvalue weighted by Gasteiger charge is -2.29. The predicted octanol–water partition coefficient (Wildman–Crippen LogP) is 7.21. The normalized spacial score (nSPS) is 18.0. The molecule has 0 aromatic heterocycles. The predicted molar refractivity (Wildman–Crippen MR) is 121 cm³/mol. The van der Waals surface area contributed by atoms with Gasteiger partial charge in [-0.2, -0.15) is 4.39 Å². The molecule has 3 aromatic rings. The van der Waals surface area contributed by atoms with Crippen molar-refractivity contribution in [3.05, 3.63) is 90.0 Å². The minimum atomic E-state index is -1.09. The summed E-state index contributed by atoms with van der Waals surface area (Å²) in [6.45, 7) is 4.48. The maximum Gasteiger partial charge on any atom is 0.201 e. The van der Waals surface area contributed by atoms with Crippen LogP contribution in [0.5, 0.6) is 5.75 Å². The van der Waals surface area contributed by atoms with Crippen LogP contribution in [0.15, 0.2) is 61.2 Å². The topological polar surface area (TPSA) is 27.7 Å². The van der Waals surface area contributed by atoms with E-state index in [-0.39, 0.29) is 28.4 Å². The van der Waals surface area contributed by atoms with Crippen molar-refractivity contribution in [2.24, 2.45) is 5.92 Å². The third kappa shape index (κ3) is 4.72. The molecule has 0 radical (unpaired) electrons. The first-order chi connectivity index (χ1) is 16.4. The molecule has 178 valence electrons. The van der Waals surface area contributed by atoms with Crippen LogP contribution in [-0.2, 0) is 9.47 Å². The van der Waals surface area contributed by atoms with Crippen LogP contribution in [0.4, 0.5) is 17.6 Å². The molecule has 1 heterocycles. The van der Waals surface area contributed by atoms with Gasteiger partial charge in [0, 0.05) is 22.6 Å². The SMILES string of the molecule is C=CCCC1COC(c2ccc(-c3ccc(-c4ccc(OC)c(F)c4F)cc3)c(F)c2F)OC1. The van der Waals surface area contributed by atoms with E-state index in [1.807, 2.05) is 6.08 Å². The number of hydrogen-bond acceptors (Lipinski definition) is 3. The Morgan fingerprint density at radius 2 is 1.38 bits per heavy atom. The maximum absolute atomic E-state index is 14.9. The lowest BCUT2D eigenvalue weighted by atomic mass is 9.98. The van der Waals surface area contributed by atoms with Gasteiger partial charge in [-0.05, 0) is 36.1 Å². The second-order valence-corrected chi connectivity index (χ2v) is 8.08. The van der Waals surface area contributed by atoms with Crippen LogP contribution in [0.1, 0.15) is 24.7 Å². The fourth-order valence-electron chi connectivity index (χ4n) is 3.95. The summed E-state index contributed by atoms with van der Waals surface area (Å²) in [4.78, 5) is 0. The number of hydrogen-bond donors (Lipinski definition) is 0. The standard InChI is InChI=1S/C27H24F4O3/c1-3-4-5-16-14-33-27(34-15-16)21-11-10-19(23(28)25(21)30)17-6-8-18(9-7-17)20-12-13-22(32-2)26(31)24(20)29/h3,6-13,16,27H,1,4-5,14-15H2,2H3. The Morgan fingerprint density at radius 3 is 1.94 bits per heavy atom. The van der Waals surface area contributed by atoms with Gasteiger partial charge in [-0.1, -0.05) is 42.5 Å². The molecule has 1 aliphatic heterocycles. The Kier molecular flexibility index (Phi) is 7.34. The van der Waals surface area contributed by atoms with E-state index in [4.69, 9.17) is 14.2 Å². The monoisotopic (exact) mass is 472 g/mol. The highest BCUT2D eigenvalue weighted by Gasteiger charge is 2.28. The zero-order valence-corrected chi connectivity index (χ0v) is 18.6. The Balaban J connectivity index is 1.54. The molecule has 34 heavy (non-hydrogen) atoms. The average molecular weight is 472 g/mol. The van der Waals surface area contributed by atoms with Crippen LogP contribution in [0.3, 0.4) is 0 Å². The zero-order chi connectivity index (χ0) is 24.2. The molecule has 0 unspecified atom stereocenters. The van der Waals surface area contributed by atoms with Crippen molar-refractivity contribution >= 4 is 0 Å². The summed E-state index contributed by atoms with van der Waals surface area (Å²) in [6, 6.07) is 11.7. The lowest BCUT2D eigenvalue weighted by Crippen LogP contribution is -2.27. The summed E-state index contributed by atoms with van der Waals surface area (Å²) < 4.78 is 74.3. The van der Waals surface area contributed by atoms with Gasteiger partial charge in [-0.3, -0.25) is 0 Å². The fourth-order valence-corrected chi connectivity index (χ4v) is 3.95. The van der Waals surface area contributed by atoms with Crippen molar-refractivity contribution in [3.8, 4) is 28.0 Å². The van der Waals surface area contributed by atoms with Crippen molar-refractivity contribution in [1.82, 2.24) is 0 Å². The van der Waals surface area contributed by atoms with Crippen LogP contribution < -0.4 is 4.74 Å². The first-order valence-corrected chi connectivity index (χ1v) is 10.9. The highest BCUT2D eigenvalue weighted by molar-refractivity contribution is 5.71. The molecule has 0 spiro atoms. The summed E-state index contributed by atoms with van der Waals surface area (Å²) >= 11 is 0. The Morgan fingerprint density at radius 1 is 0.824 bits per heavy atom. The number of methoxy groups -OCH3 is 1. The number of rotatable bonds is 7. The van der Waals surface area contributed by atoms with Crippen LogP contribution in [-0.4, -0.2) is 20.3 Å². The van der Waals surface area contributed by atoms with E-state index in [0.717, 1.165) is 12.8 Å². The summed E-state index contributed by atoms with van der Waals surface area (Å²) in [6.07, 6.45) is 2.53. The number of ether oxygens (including phenoxy) is 3. The van der Waals surface area contributed by atoms with E-state index in [1.165, 1.54) is 55.6 Å². The molecule has 3 nitrogen and oxygen atoms in total. The zero-order valence-electron chi connectivity index (χ0n) is 18.6. The van der Waals surface area contributed by atoms with Crippen molar-refractivity contribution in [2.45, 2.75) is 19.1 Å². The average Bonchev–Trinajstić information content (AvgIpc) is 2.87. The molecular weight excluding hydrogens is 448 g/mol. The molecule has 3 aromatic carbocycles. The van der Waals surface area contributed by atoms with Gasteiger partial charge >= 0.3 is 0 Å². The molecule has 1 saturated heterocycles. The van der Waals surface area contributed by atoms with Crippen LogP contribution >= 0.6 is 0 Å². The molecule has 0 saturated carbocycles. The molecule has 0 N–H and O–H groups in total. The Bertz CT molecular complexity index is 1170. The quantitative estimate of drug-likeness (QED) is 0.269. The summed E-state index contributed by atoms with van der Waals surface area (Å²) in [5.41, 5.74) is 0.834. The number of halogens is 4. The largest absolute Gasteiger partial charge is 0.494 e.